The number of benzene rings is 1. The van der Waals surface area contributed by atoms with E-state index in [-0.39, 0.29) is 12.2 Å². The first kappa shape index (κ1) is 18.4. The molecule has 0 saturated heterocycles. The molecule has 5 nitrogen and oxygen atoms in total. The highest BCUT2D eigenvalue weighted by molar-refractivity contribution is 7.86. The average molecular weight is 300 g/mol. The predicted octanol–water partition coefficient (Wildman–Crippen LogP) is 2.79. The lowest BCUT2D eigenvalue weighted by atomic mass is 10.3. The molecule has 1 aromatic carbocycles. The number of rotatable bonds is 5. The molecule has 0 fully saturated rings. The lowest BCUT2D eigenvalue weighted by Crippen LogP contribution is -2.11. The lowest BCUT2D eigenvalue weighted by Gasteiger charge is -2.11. The monoisotopic (exact) mass is 300 g/mol. The van der Waals surface area contributed by atoms with Crippen molar-refractivity contribution < 1.29 is 22.8 Å². The molecule has 20 heavy (non-hydrogen) atoms. The Morgan fingerprint density at radius 2 is 1.60 bits per heavy atom. The minimum Gasteiger partial charge on any atom is -0.506 e. The number of hydrogen-bond acceptors (Lipinski definition) is 4. The minimum absolute atomic E-state index is 0.123. The molecule has 0 aliphatic carbocycles. The standard InChI is InChI=1S/C8H14O.C6H6O4S/c1-5-7(3)9-8(4)6-2;7-5-3-1-2-4-6(5)11(8,9)10/h5-8H,1-2H2,3-4H3;1-4,7H,(H,8,9,10). The molecule has 0 radical (unpaired) electrons. The minimum atomic E-state index is -4.28. The summed E-state index contributed by atoms with van der Waals surface area (Å²) in [5, 5.41) is 8.91. The Bertz CT molecular complexity index is 524. The van der Waals surface area contributed by atoms with Gasteiger partial charge in [0.1, 0.15) is 10.6 Å². The molecule has 6 heteroatoms. The van der Waals surface area contributed by atoms with E-state index < -0.39 is 20.8 Å². The first-order valence-corrected chi connectivity index (χ1v) is 7.32. The van der Waals surface area contributed by atoms with Crippen LogP contribution in [0.25, 0.3) is 0 Å². The summed E-state index contributed by atoms with van der Waals surface area (Å²) < 4.78 is 34.7. The molecule has 0 aliphatic rings. The van der Waals surface area contributed by atoms with E-state index in [0.717, 1.165) is 6.07 Å². The summed E-state index contributed by atoms with van der Waals surface area (Å²) in [6.45, 7) is 11.1. The number of para-hydroxylation sites is 1. The maximum atomic E-state index is 10.4. The molecule has 0 aliphatic heterocycles. The van der Waals surface area contributed by atoms with Crippen LogP contribution in [-0.4, -0.2) is 30.3 Å². The number of hydrogen-bond donors (Lipinski definition) is 2. The zero-order valence-corrected chi connectivity index (χ0v) is 12.4. The molecule has 0 saturated carbocycles. The van der Waals surface area contributed by atoms with Crippen molar-refractivity contribution in [2.24, 2.45) is 0 Å². The second-order valence-corrected chi connectivity index (χ2v) is 5.35. The molecule has 2 N–H and O–H groups in total. The van der Waals surface area contributed by atoms with E-state index in [0.29, 0.717) is 0 Å². The second-order valence-electron chi connectivity index (χ2n) is 3.96. The summed E-state index contributed by atoms with van der Waals surface area (Å²) in [4.78, 5) is -0.472. The highest BCUT2D eigenvalue weighted by atomic mass is 32.2. The number of aromatic hydroxyl groups is 1. The molecule has 2 unspecified atom stereocenters. The highest BCUT2D eigenvalue weighted by Crippen LogP contribution is 2.20. The smallest absolute Gasteiger partial charge is 0.298 e. The third-order valence-corrected chi connectivity index (χ3v) is 3.14. The zero-order valence-electron chi connectivity index (χ0n) is 11.6. The maximum Gasteiger partial charge on any atom is 0.298 e. The first-order chi connectivity index (χ1) is 9.22. The van der Waals surface area contributed by atoms with E-state index in [1.165, 1.54) is 18.2 Å². The van der Waals surface area contributed by atoms with Crippen LogP contribution in [0.3, 0.4) is 0 Å². The van der Waals surface area contributed by atoms with Gasteiger partial charge in [0.2, 0.25) is 0 Å². The Morgan fingerprint density at radius 3 is 1.90 bits per heavy atom. The van der Waals surface area contributed by atoms with Crippen molar-refractivity contribution in [3.63, 3.8) is 0 Å². The van der Waals surface area contributed by atoms with Crippen LogP contribution < -0.4 is 0 Å². The fourth-order valence-corrected chi connectivity index (χ4v) is 1.71. The van der Waals surface area contributed by atoms with Crippen LogP contribution in [-0.2, 0) is 14.9 Å². The molecular weight excluding hydrogens is 280 g/mol. The number of phenolic OH excluding ortho intramolecular Hbond substituents is 1. The van der Waals surface area contributed by atoms with Crippen molar-refractivity contribution >= 4 is 10.1 Å². The third kappa shape index (κ3) is 7.08. The van der Waals surface area contributed by atoms with Gasteiger partial charge in [-0.1, -0.05) is 24.3 Å². The van der Waals surface area contributed by atoms with Crippen LogP contribution in [0, 0.1) is 0 Å². The van der Waals surface area contributed by atoms with Crippen molar-refractivity contribution in [3.05, 3.63) is 49.6 Å². The zero-order chi connectivity index (χ0) is 15.8. The third-order valence-electron chi connectivity index (χ3n) is 2.24. The van der Waals surface area contributed by atoms with Crippen molar-refractivity contribution in [2.75, 3.05) is 0 Å². The van der Waals surface area contributed by atoms with Gasteiger partial charge in [-0.2, -0.15) is 8.42 Å². The summed E-state index contributed by atoms with van der Waals surface area (Å²) in [5.74, 6) is -0.449. The second kappa shape index (κ2) is 8.52. The van der Waals surface area contributed by atoms with Crippen molar-refractivity contribution in [2.45, 2.75) is 31.0 Å². The topological polar surface area (TPSA) is 83.8 Å². The lowest BCUT2D eigenvalue weighted by molar-refractivity contribution is 0.0635. The fraction of sp³-hybridized carbons (Fsp3) is 0.286. The van der Waals surface area contributed by atoms with Crippen LogP contribution >= 0.6 is 0 Å². The van der Waals surface area contributed by atoms with Gasteiger partial charge in [0, 0.05) is 0 Å². The van der Waals surface area contributed by atoms with Crippen LogP contribution in [0.1, 0.15) is 13.8 Å². The number of phenols is 1. The van der Waals surface area contributed by atoms with Gasteiger partial charge in [-0.05, 0) is 26.0 Å². The summed E-state index contributed by atoms with van der Waals surface area (Å²) >= 11 is 0. The molecule has 0 spiro atoms. The molecular formula is C14H20O5S. The van der Waals surface area contributed by atoms with Gasteiger partial charge < -0.3 is 9.84 Å². The largest absolute Gasteiger partial charge is 0.506 e. The van der Waals surface area contributed by atoms with E-state index in [1.807, 2.05) is 13.8 Å². The first-order valence-electron chi connectivity index (χ1n) is 5.88. The Morgan fingerprint density at radius 1 is 1.15 bits per heavy atom. The van der Waals surface area contributed by atoms with E-state index in [4.69, 9.17) is 14.4 Å². The fourth-order valence-electron chi connectivity index (χ4n) is 1.12. The van der Waals surface area contributed by atoms with Gasteiger partial charge in [0.25, 0.3) is 10.1 Å². The Hall–Kier alpha value is -1.63. The van der Waals surface area contributed by atoms with Crippen LogP contribution in [0.4, 0.5) is 0 Å². The summed E-state index contributed by atoms with van der Waals surface area (Å²) in [7, 11) is -4.28. The molecule has 0 aromatic heterocycles. The van der Waals surface area contributed by atoms with Crippen molar-refractivity contribution in [1.29, 1.82) is 0 Å². The van der Waals surface area contributed by atoms with Gasteiger partial charge in [-0.25, -0.2) is 0 Å². The summed E-state index contributed by atoms with van der Waals surface area (Å²) in [6, 6.07) is 5.17. The van der Waals surface area contributed by atoms with Crippen molar-refractivity contribution in [3.8, 4) is 5.75 Å². The van der Waals surface area contributed by atoms with Gasteiger partial charge in [0.05, 0.1) is 12.2 Å². The van der Waals surface area contributed by atoms with E-state index in [9.17, 15) is 8.42 Å². The Kier molecular flexibility index (Phi) is 7.83. The maximum absolute atomic E-state index is 10.4. The molecule has 1 rings (SSSR count). The molecule has 0 bridgehead atoms. The summed E-state index contributed by atoms with van der Waals surface area (Å²) in [5.41, 5.74) is 0. The van der Waals surface area contributed by atoms with Gasteiger partial charge in [0.15, 0.2) is 0 Å². The van der Waals surface area contributed by atoms with Crippen LogP contribution in [0.2, 0.25) is 0 Å². The quantitative estimate of drug-likeness (QED) is 0.645. The van der Waals surface area contributed by atoms with Gasteiger partial charge in [-0.3, -0.25) is 4.55 Å². The van der Waals surface area contributed by atoms with E-state index >= 15 is 0 Å². The van der Waals surface area contributed by atoms with Crippen molar-refractivity contribution in [1.82, 2.24) is 0 Å². The number of ether oxygens (including phenoxy) is 1. The molecule has 0 amide bonds. The van der Waals surface area contributed by atoms with Crippen LogP contribution in [0.5, 0.6) is 5.75 Å². The molecule has 112 valence electrons. The molecule has 0 heterocycles. The van der Waals surface area contributed by atoms with Gasteiger partial charge in [-0.15, -0.1) is 13.2 Å². The van der Waals surface area contributed by atoms with Crippen LogP contribution in [0.15, 0.2) is 54.5 Å². The molecule has 2 atom stereocenters. The SMILES string of the molecule is C=CC(C)OC(C)C=C.O=S(=O)(O)c1ccccc1O. The predicted molar refractivity (Wildman–Crippen MR) is 78.3 cm³/mol. The highest BCUT2D eigenvalue weighted by Gasteiger charge is 2.12. The average Bonchev–Trinajstić information content (AvgIpc) is 2.38. The Balaban J connectivity index is 0.000000370. The van der Waals surface area contributed by atoms with E-state index in [1.54, 1.807) is 12.2 Å². The molecule has 1 aromatic rings. The van der Waals surface area contributed by atoms with Gasteiger partial charge >= 0.3 is 0 Å². The Labute approximate surface area is 120 Å². The summed E-state index contributed by atoms with van der Waals surface area (Å²) in [6.07, 6.45) is 3.77. The normalized spacial score (nSPS) is 13.6. The van der Waals surface area contributed by atoms with E-state index in [2.05, 4.69) is 13.2 Å².